The summed E-state index contributed by atoms with van der Waals surface area (Å²) in [4.78, 5) is 10.3. The molecule has 2 aromatic heterocycles. The average Bonchev–Trinajstić information content (AvgIpc) is 3.18. The number of thiazole rings is 1. The molecule has 3 N–H and O–H groups in total. The Balaban J connectivity index is 0.00000288. The lowest BCUT2D eigenvalue weighted by atomic mass is 10.1. The molecule has 8 heteroatoms. The molecule has 0 aliphatic carbocycles. The molecule has 0 aliphatic heterocycles. The highest BCUT2D eigenvalue weighted by atomic mass is 127. The van der Waals surface area contributed by atoms with Gasteiger partial charge in [-0.3, -0.25) is 5.10 Å². The Bertz CT molecular complexity index is 622. The van der Waals surface area contributed by atoms with Crippen molar-refractivity contribution < 1.29 is 0 Å². The number of nitrogens with zero attached hydrogens (tertiary/aromatic N) is 3. The fraction of sp³-hybridized carbons (Fsp3) is 0.562. The first-order valence-electron chi connectivity index (χ1n) is 8.17. The number of rotatable bonds is 8. The predicted octanol–water partition coefficient (Wildman–Crippen LogP) is 3.04. The third-order valence-corrected chi connectivity index (χ3v) is 4.64. The first-order valence-corrected chi connectivity index (χ1v) is 8.99. The van der Waals surface area contributed by atoms with Crippen molar-refractivity contribution >= 4 is 41.3 Å². The van der Waals surface area contributed by atoms with E-state index < -0.39 is 0 Å². The van der Waals surface area contributed by atoms with Crippen LogP contribution in [0.25, 0.3) is 0 Å². The average molecular weight is 462 g/mol. The van der Waals surface area contributed by atoms with Crippen molar-refractivity contribution in [2.24, 2.45) is 4.99 Å². The lowest BCUT2D eigenvalue weighted by Crippen LogP contribution is -2.37. The van der Waals surface area contributed by atoms with Crippen molar-refractivity contribution in [2.75, 3.05) is 13.1 Å². The summed E-state index contributed by atoms with van der Waals surface area (Å²) in [5, 5.41) is 14.7. The third kappa shape index (κ3) is 6.76. The highest BCUT2D eigenvalue weighted by Crippen LogP contribution is 2.13. The highest BCUT2D eigenvalue weighted by molar-refractivity contribution is 14.0. The fourth-order valence-corrected chi connectivity index (χ4v) is 2.97. The van der Waals surface area contributed by atoms with Crippen molar-refractivity contribution in [3.63, 3.8) is 0 Å². The number of halogens is 1. The summed E-state index contributed by atoms with van der Waals surface area (Å²) < 4.78 is 0. The molecule has 0 amide bonds. The van der Waals surface area contributed by atoms with E-state index in [1.54, 1.807) is 11.3 Å². The molecule has 6 nitrogen and oxygen atoms in total. The second-order valence-corrected chi connectivity index (χ2v) is 6.52. The second-order valence-electron chi connectivity index (χ2n) is 5.32. The van der Waals surface area contributed by atoms with Crippen molar-refractivity contribution in [1.82, 2.24) is 25.8 Å². The van der Waals surface area contributed by atoms with Gasteiger partial charge in [-0.05, 0) is 38.7 Å². The maximum absolute atomic E-state index is 4.61. The van der Waals surface area contributed by atoms with E-state index in [4.69, 9.17) is 0 Å². The number of hydrogen-bond acceptors (Lipinski definition) is 4. The molecule has 0 spiro atoms. The van der Waals surface area contributed by atoms with Crippen molar-refractivity contribution in [2.45, 2.75) is 46.6 Å². The largest absolute Gasteiger partial charge is 0.357 e. The van der Waals surface area contributed by atoms with Gasteiger partial charge in [0, 0.05) is 29.9 Å². The van der Waals surface area contributed by atoms with E-state index in [0.29, 0.717) is 6.54 Å². The predicted molar refractivity (Wildman–Crippen MR) is 111 cm³/mol. The molecule has 2 heterocycles. The van der Waals surface area contributed by atoms with Gasteiger partial charge in [-0.25, -0.2) is 9.98 Å². The van der Waals surface area contributed by atoms with Gasteiger partial charge < -0.3 is 10.6 Å². The minimum atomic E-state index is 0. The summed E-state index contributed by atoms with van der Waals surface area (Å²) >= 11 is 1.74. The molecule has 134 valence electrons. The molecular weight excluding hydrogens is 435 g/mol. The molecular formula is C16H27IN6S. The maximum atomic E-state index is 4.61. The second kappa shape index (κ2) is 11.4. The fourth-order valence-electron chi connectivity index (χ4n) is 2.19. The topological polar surface area (TPSA) is 78.0 Å². The van der Waals surface area contributed by atoms with Crippen LogP contribution < -0.4 is 10.6 Å². The Morgan fingerprint density at radius 1 is 1.29 bits per heavy atom. The monoisotopic (exact) mass is 462 g/mol. The van der Waals surface area contributed by atoms with Crippen LogP contribution in [0.3, 0.4) is 0 Å². The SMILES string of the molecule is CCNC(=NCc1ncc(CC)s1)NCCCc1cn[nH]c1C.I. The van der Waals surface area contributed by atoms with Crippen molar-refractivity contribution in [3.05, 3.63) is 33.5 Å². The molecule has 0 fully saturated rings. The summed E-state index contributed by atoms with van der Waals surface area (Å²) in [6, 6.07) is 0. The molecule has 0 atom stereocenters. The Morgan fingerprint density at radius 3 is 2.75 bits per heavy atom. The molecule has 0 aromatic carbocycles. The lowest BCUT2D eigenvalue weighted by Gasteiger charge is -2.10. The van der Waals surface area contributed by atoms with Gasteiger partial charge >= 0.3 is 0 Å². The van der Waals surface area contributed by atoms with Gasteiger partial charge in [0.05, 0.1) is 12.7 Å². The zero-order chi connectivity index (χ0) is 16.5. The quantitative estimate of drug-likeness (QED) is 0.244. The van der Waals surface area contributed by atoms with Crippen molar-refractivity contribution in [1.29, 1.82) is 0 Å². The smallest absolute Gasteiger partial charge is 0.191 e. The maximum Gasteiger partial charge on any atom is 0.191 e. The Labute approximate surface area is 165 Å². The van der Waals surface area contributed by atoms with Crippen molar-refractivity contribution in [3.8, 4) is 0 Å². The molecule has 24 heavy (non-hydrogen) atoms. The summed E-state index contributed by atoms with van der Waals surface area (Å²) in [5.74, 6) is 0.852. The minimum absolute atomic E-state index is 0. The normalized spacial score (nSPS) is 11.2. The van der Waals surface area contributed by atoms with Gasteiger partial charge in [0.25, 0.3) is 0 Å². The lowest BCUT2D eigenvalue weighted by molar-refractivity contribution is 0.742. The number of guanidine groups is 1. The number of H-pyrrole nitrogens is 1. The summed E-state index contributed by atoms with van der Waals surface area (Å²) in [6.45, 7) is 8.64. The van der Waals surface area contributed by atoms with Crippen LogP contribution in [-0.2, 0) is 19.4 Å². The van der Waals surface area contributed by atoms with Gasteiger partial charge in [-0.15, -0.1) is 35.3 Å². The molecule has 0 unspecified atom stereocenters. The number of hydrogen-bond donors (Lipinski definition) is 3. The molecule has 0 saturated heterocycles. The van der Waals surface area contributed by atoms with Gasteiger partial charge in [-0.1, -0.05) is 6.92 Å². The first kappa shape index (κ1) is 20.9. The van der Waals surface area contributed by atoms with E-state index in [9.17, 15) is 0 Å². The standard InChI is InChI=1S/C16H26N6S.HI/c1-4-14-10-19-15(23-14)11-20-16(17-5-2)18-8-6-7-13-9-21-22-12(13)3;/h9-10H,4-8,11H2,1-3H3,(H,21,22)(H2,17,18,20);1H. The van der Waals surface area contributed by atoms with Crippen LogP contribution in [0.5, 0.6) is 0 Å². The van der Waals surface area contributed by atoms with Crippen LogP contribution in [-0.4, -0.2) is 34.2 Å². The Kier molecular flexibility index (Phi) is 9.92. The minimum Gasteiger partial charge on any atom is -0.357 e. The van der Waals surface area contributed by atoms with Crippen LogP contribution >= 0.6 is 35.3 Å². The molecule has 0 radical (unpaired) electrons. The number of aromatic amines is 1. The first-order chi connectivity index (χ1) is 11.2. The van der Waals surface area contributed by atoms with E-state index >= 15 is 0 Å². The summed E-state index contributed by atoms with van der Waals surface area (Å²) in [6.07, 6.45) is 6.95. The molecule has 0 aliphatic rings. The number of aliphatic imine (C=N–C) groups is 1. The number of aryl methyl sites for hydroxylation is 3. The van der Waals surface area contributed by atoms with E-state index in [0.717, 1.165) is 49.0 Å². The third-order valence-electron chi connectivity index (χ3n) is 3.52. The number of aromatic nitrogens is 3. The molecule has 2 rings (SSSR count). The molecule has 2 aromatic rings. The van der Waals surface area contributed by atoms with Gasteiger partial charge in [0.2, 0.25) is 0 Å². The van der Waals surface area contributed by atoms with Gasteiger partial charge in [0.1, 0.15) is 5.01 Å². The highest BCUT2D eigenvalue weighted by Gasteiger charge is 2.03. The van der Waals surface area contributed by atoms with Crippen LogP contribution in [0.1, 0.15) is 41.4 Å². The van der Waals surface area contributed by atoms with Crippen LogP contribution in [0.2, 0.25) is 0 Å². The van der Waals surface area contributed by atoms with Crippen LogP contribution in [0, 0.1) is 6.92 Å². The van der Waals surface area contributed by atoms with Gasteiger partial charge in [-0.2, -0.15) is 5.10 Å². The molecule has 0 bridgehead atoms. The summed E-state index contributed by atoms with van der Waals surface area (Å²) in [7, 11) is 0. The van der Waals surface area contributed by atoms with E-state index in [1.807, 2.05) is 12.4 Å². The Hall–Kier alpha value is -1.16. The van der Waals surface area contributed by atoms with E-state index in [2.05, 4.69) is 51.6 Å². The van der Waals surface area contributed by atoms with Crippen LogP contribution in [0.4, 0.5) is 0 Å². The summed E-state index contributed by atoms with van der Waals surface area (Å²) in [5.41, 5.74) is 2.43. The van der Waals surface area contributed by atoms with Crippen LogP contribution in [0.15, 0.2) is 17.4 Å². The van der Waals surface area contributed by atoms with E-state index in [1.165, 1.54) is 10.4 Å². The zero-order valence-electron chi connectivity index (χ0n) is 14.6. The van der Waals surface area contributed by atoms with Gasteiger partial charge in [0.15, 0.2) is 5.96 Å². The zero-order valence-corrected chi connectivity index (χ0v) is 17.7. The van der Waals surface area contributed by atoms with E-state index in [-0.39, 0.29) is 24.0 Å². The molecule has 0 saturated carbocycles. The number of nitrogens with one attached hydrogen (secondary N) is 3. The Morgan fingerprint density at radius 2 is 2.12 bits per heavy atom.